The Morgan fingerprint density at radius 1 is 1.21 bits per heavy atom. The summed E-state index contributed by atoms with van der Waals surface area (Å²) in [5, 5.41) is 3.54. The summed E-state index contributed by atoms with van der Waals surface area (Å²) in [6.07, 6.45) is 8.64. The molecule has 19 heavy (non-hydrogen) atoms. The molecule has 2 nitrogen and oxygen atoms in total. The van der Waals surface area contributed by atoms with Crippen LogP contribution in [0.25, 0.3) is 0 Å². The second-order valence-corrected chi connectivity index (χ2v) is 6.11. The number of thioether (sulfide) groups is 1. The van der Waals surface area contributed by atoms with Crippen LogP contribution in [0.1, 0.15) is 36.8 Å². The summed E-state index contributed by atoms with van der Waals surface area (Å²) in [4.78, 5) is 0. The van der Waals surface area contributed by atoms with Crippen molar-refractivity contribution in [3.05, 3.63) is 29.3 Å². The molecule has 1 aromatic carbocycles. The fourth-order valence-electron chi connectivity index (χ4n) is 2.43. The second-order valence-electron chi connectivity index (χ2n) is 5.12. The third-order valence-electron chi connectivity index (χ3n) is 3.54. The third-order valence-corrected chi connectivity index (χ3v) is 4.23. The molecule has 0 bridgehead atoms. The van der Waals surface area contributed by atoms with Gasteiger partial charge in [0.05, 0.1) is 6.61 Å². The molecule has 0 unspecified atom stereocenters. The Hall–Kier alpha value is -0.670. The Kier molecular flexibility index (Phi) is 6.58. The van der Waals surface area contributed by atoms with Gasteiger partial charge in [0.2, 0.25) is 0 Å². The zero-order valence-electron chi connectivity index (χ0n) is 11.9. The predicted octanol–water partition coefficient (Wildman–Crippen LogP) is 3.63. The van der Waals surface area contributed by atoms with Gasteiger partial charge in [-0.05, 0) is 48.6 Å². The smallest absolute Gasteiger partial charge is 0.122 e. The van der Waals surface area contributed by atoms with Crippen LogP contribution in [0.15, 0.2) is 18.2 Å². The van der Waals surface area contributed by atoms with Crippen LogP contribution >= 0.6 is 11.8 Å². The summed E-state index contributed by atoms with van der Waals surface area (Å²) < 4.78 is 5.52. The molecule has 1 aromatic rings. The number of nitrogens with one attached hydrogen (secondary N) is 1. The minimum absolute atomic E-state index is 0.849. The first-order valence-corrected chi connectivity index (χ1v) is 8.74. The SMILES string of the molecule is CSCCCCCCNCc1ccc2c(c1)CCO2. The van der Waals surface area contributed by atoms with E-state index in [-0.39, 0.29) is 0 Å². The quantitative estimate of drug-likeness (QED) is 0.697. The Labute approximate surface area is 121 Å². The minimum atomic E-state index is 0.849. The van der Waals surface area contributed by atoms with Crippen molar-refractivity contribution >= 4 is 11.8 Å². The molecule has 0 saturated carbocycles. The van der Waals surface area contributed by atoms with Gasteiger partial charge in [-0.1, -0.05) is 25.0 Å². The lowest BCUT2D eigenvalue weighted by atomic mass is 10.1. The van der Waals surface area contributed by atoms with Crippen molar-refractivity contribution in [1.29, 1.82) is 0 Å². The van der Waals surface area contributed by atoms with Crippen molar-refractivity contribution in [2.75, 3.05) is 25.2 Å². The summed E-state index contributed by atoms with van der Waals surface area (Å²) >= 11 is 1.95. The van der Waals surface area contributed by atoms with Gasteiger partial charge in [0.1, 0.15) is 5.75 Å². The molecule has 1 aliphatic rings. The lowest BCUT2D eigenvalue weighted by Gasteiger charge is -2.06. The van der Waals surface area contributed by atoms with Crippen molar-refractivity contribution < 1.29 is 4.74 Å². The molecule has 0 amide bonds. The highest BCUT2D eigenvalue weighted by atomic mass is 32.2. The fourth-order valence-corrected chi connectivity index (χ4v) is 2.93. The molecule has 2 rings (SSSR count). The van der Waals surface area contributed by atoms with E-state index in [1.54, 1.807) is 0 Å². The summed E-state index contributed by atoms with van der Waals surface area (Å²) in [7, 11) is 0. The molecule has 0 atom stereocenters. The first-order valence-electron chi connectivity index (χ1n) is 7.34. The molecule has 0 radical (unpaired) electrons. The molecule has 0 spiro atoms. The van der Waals surface area contributed by atoms with E-state index in [2.05, 4.69) is 29.8 Å². The number of fused-ring (bicyclic) bond motifs is 1. The molecular formula is C16H25NOS. The Morgan fingerprint density at radius 2 is 2.11 bits per heavy atom. The van der Waals surface area contributed by atoms with Gasteiger partial charge < -0.3 is 10.1 Å². The molecule has 0 fully saturated rings. The van der Waals surface area contributed by atoms with Crippen molar-refractivity contribution in [3.8, 4) is 5.75 Å². The van der Waals surface area contributed by atoms with Crippen LogP contribution < -0.4 is 10.1 Å². The number of hydrogen-bond acceptors (Lipinski definition) is 3. The van der Waals surface area contributed by atoms with E-state index in [4.69, 9.17) is 4.74 Å². The largest absolute Gasteiger partial charge is 0.493 e. The lowest BCUT2D eigenvalue weighted by molar-refractivity contribution is 0.357. The zero-order valence-corrected chi connectivity index (χ0v) is 12.7. The summed E-state index contributed by atoms with van der Waals surface area (Å²) in [6.45, 7) is 2.97. The first-order chi connectivity index (χ1) is 9.40. The van der Waals surface area contributed by atoms with E-state index in [0.29, 0.717) is 0 Å². The highest BCUT2D eigenvalue weighted by molar-refractivity contribution is 7.98. The van der Waals surface area contributed by atoms with Crippen LogP contribution in [0.2, 0.25) is 0 Å². The summed E-state index contributed by atoms with van der Waals surface area (Å²) in [5.41, 5.74) is 2.75. The molecule has 1 aliphatic heterocycles. The van der Waals surface area contributed by atoms with Crippen molar-refractivity contribution in [3.63, 3.8) is 0 Å². The van der Waals surface area contributed by atoms with Gasteiger partial charge in [-0.15, -0.1) is 0 Å². The Balaban J connectivity index is 1.56. The highest BCUT2D eigenvalue weighted by Gasteiger charge is 2.11. The lowest BCUT2D eigenvalue weighted by Crippen LogP contribution is -2.14. The maximum atomic E-state index is 5.52. The van der Waals surface area contributed by atoms with Gasteiger partial charge in [0, 0.05) is 13.0 Å². The number of rotatable bonds is 9. The van der Waals surface area contributed by atoms with Gasteiger partial charge in [0.15, 0.2) is 0 Å². The van der Waals surface area contributed by atoms with Gasteiger partial charge in [-0.3, -0.25) is 0 Å². The predicted molar refractivity (Wildman–Crippen MR) is 84.2 cm³/mol. The van der Waals surface area contributed by atoms with Crippen LogP contribution in [0.4, 0.5) is 0 Å². The maximum Gasteiger partial charge on any atom is 0.122 e. The van der Waals surface area contributed by atoms with Crippen molar-refractivity contribution in [1.82, 2.24) is 5.32 Å². The average Bonchev–Trinajstić information content (AvgIpc) is 2.89. The van der Waals surface area contributed by atoms with E-state index in [1.807, 2.05) is 11.8 Å². The number of unbranched alkanes of at least 4 members (excludes halogenated alkanes) is 3. The van der Waals surface area contributed by atoms with E-state index in [1.165, 1.54) is 42.6 Å². The first kappa shape index (κ1) is 14.7. The fraction of sp³-hybridized carbons (Fsp3) is 0.625. The standard InChI is InChI=1S/C16H25NOS/c1-19-11-5-3-2-4-9-17-13-14-6-7-16-15(12-14)8-10-18-16/h6-7,12,17H,2-5,8-11,13H2,1H3. The normalized spacial score (nSPS) is 13.3. The molecule has 106 valence electrons. The van der Waals surface area contributed by atoms with Gasteiger partial charge in [-0.2, -0.15) is 11.8 Å². The van der Waals surface area contributed by atoms with Crippen molar-refractivity contribution in [2.45, 2.75) is 38.6 Å². The average molecular weight is 279 g/mol. The molecular weight excluding hydrogens is 254 g/mol. The van der Waals surface area contributed by atoms with Crippen LogP contribution in [-0.2, 0) is 13.0 Å². The third kappa shape index (κ3) is 5.07. The van der Waals surface area contributed by atoms with E-state index >= 15 is 0 Å². The van der Waals surface area contributed by atoms with Gasteiger partial charge >= 0.3 is 0 Å². The molecule has 0 aliphatic carbocycles. The Bertz CT molecular complexity index is 381. The maximum absolute atomic E-state index is 5.52. The molecule has 3 heteroatoms. The zero-order chi connectivity index (χ0) is 13.3. The summed E-state index contributed by atoms with van der Waals surface area (Å²) in [6, 6.07) is 6.57. The van der Waals surface area contributed by atoms with Gasteiger partial charge in [-0.25, -0.2) is 0 Å². The van der Waals surface area contributed by atoms with Gasteiger partial charge in [0.25, 0.3) is 0 Å². The number of benzene rings is 1. The van der Waals surface area contributed by atoms with Crippen LogP contribution in [0.5, 0.6) is 5.75 Å². The number of ether oxygens (including phenoxy) is 1. The van der Waals surface area contributed by atoms with E-state index in [0.717, 1.165) is 31.9 Å². The van der Waals surface area contributed by atoms with E-state index < -0.39 is 0 Å². The topological polar surface area (TPSA) is 21.3 Å². The molecule has 0 saturated heterocycles. The van der Waals surface area contributed by atoms with Crippen molar-refractivity contribution in [2.24, 2.45) is 0 Å². The Morgan fingerprint density at radius 3 is 3.00 bits per heavy atom. The monoisotopic (exact) mass is 279 g/mol. The summed E-state index contributed by atoms with van der Waals surface area (Å²) in [5.74, 6) is 2.39. The molecule has 1 heterocycles. The number of hydrogen-bond donors (Lipinski definition) is 1. The van der Waals surface area contributed by atoms with Crippen LogP contribution in [0, 0.1) is 0 Å². The minimum Gasteiger partial charge on any atom is -0.493 e. The molecule has 1 N–H and O–H groups in total. The highest BCUT2D eigenvalue weighted by Crippen LogP contribution is 2.25. The van der Waals surface area contributed by atoms with Crippen LogP contribution in [-0.4, -0.2) is 25.2 Å². The second kappa shape index (κ2) is 8.49. The van der Waals surface area contributed by atoms with E-state index in [9.17, 15) is 0 Å². The molecule has 0 aromatic heterocycles. The van der Waals surface area contributed by atoms with Crippen LogP contribution in [0.3, 0.4) is 0 Å².